The van der Waals surface area contributed by atoms with E-state index >= 15 is 0 Å². The summed E-state index contributed by atoms with van der Waals surface area (Å²) in [5.74, 6) is -1.39. The molecule has 1 N–H and O–H groups in total. The zero-order valence-corrected chi connectivity index (χ0v) is 15.0. The average Bonchev–Trinajstić information content (AvgIpc) is 3.26. The number of hydrogen-bond donors (Lipinski definition) is 1. The minimum atomic E-state index is -0.579. The number of aromatic nitrogens is 1. The van der Waals surface area contributed by atoms with E-state index in [1.54, 1.807) is 24.3 Å². The highest BCUT2D eigenvalue weighted by Gasteiger charge is 2.32. The van der Waals surface area contributed by atoms with E-state index in [0.717, 1.165) is 11.8 Å². The monoisotopic (exact) mass is 382 g/mol. The summed E-state index contributed by atoms with van der Waals surface area (Å²) >= 11 is 5.74. The molecule has 4 nitrogen and oxygen atoms in total. The van der Waals surface area contributed by atoms with Crippen LogP contribution in [0.4, 0.5) is 10.1 Å². The third kappa shape index (κ3) is 3.26. The Morgan fingerprint density at radius 2 is 1.85 bits per heavy atom. The van der Waals surface area contributed by atoms with Gasteiger partial charge in [-0.05, 0) is 36.8 Å². The third-order valence-electron chi connectivity index (χ3n) is 4.79. The van der Waals surface area contributed by atoms with Gasteiger partial charge in [0.05, 0.1) is 17.3 Å². The van der Waals surface area contributed by atoms with E-state index in [1.807, 2.05) is 22.8 Å². The topological polar surface area (TPSA) is 51.1 Å². The summed E-state index contributed by atoms with van der Waals surface area (Å²) in [7, 11) is 0. The molecule has 1 amide bonds. The largest absolute Gasteiger partial charge is 0.341 e. The van der Waals surface area contributed by atoms with Gasteiger partial charge in [-0.1, -0.05) is 41.9 Å². The van der Waals surface area contributed by atoms with Crippen molar-refractivity contribution in [3.05, 3.63) is 88.5 Å². The Morgan fingerprint density at radius 3 is 2.59 bits per heavy atom. The molecule has 0 spiro atoms. The molecule has 0 unspecified atom stereocenters. The molecule has 1 aromatic heterocycles. The van der Waals surface area contributed by atoms with E-state index in [0.29, 0.717) is 24.2 Å². The molecule has 2 heterocycles. The minimum Gasteiger partial charge on any atom is -0.341 e. The van der Waals surface area contributed by atoms with Crippen LogP contribution in [-0.2, 0) is 11.3 Å². The van der Waals surface area contributed by atoms with E-state index in [-0.39, 0.29) is 22.4 Å². The van der Waals surface area contributed by atoms with Gasteiger partial charge in [0.15, 0.2) is 0 Å². The van der Waals surface area contributed by atoms with Crippen molar-refractivity contribution < 1.29 is 14.0 Å². The molecule has 1 aliphatic rings. The molecule has 2 aromatic carbocycles. The summed E-state index contributed by atoms with van der Waals surface area (Å²) in [5, 5.41) is 2.89. The highest BCUT2D eigenvalue weighted by molar-refractivity contribution is 6.30. The lowest BCUT2D eigenvalue weighted by molar-refractivity contribution is -0.117. The fourth-order valence-electron chi connectivity index (χ4n) is 3.46. The normalized spacial score (nSPS) is 15.4. The maximum Gasteiger partial charge on any atom is 0.233 e. The number of anilines is 1. The van der Waals surface area contributed by atoms with E-state index < -0.39 is 11.7 Å². The highest BCUT2D eigenvalue weighted by Crippen LogP contribution is 2.33. The van der Waals surface area contributed by atoms with Crippen LogP contribution in [0.3, 0.4) is 0 Å². The third-order valence-corrected chi connectivity index (χ3v) is 5.02. The number of fused-ring (bicyclic) bond motifs is 1. The first-order valence-corrected chi connectivity index (χ1v) is 8.97. The zero-order valence-electron chi connectivity index (χ0n) is 14.3. The SMILES string of the molecule is O=C(c1ccccc1)c1ccc2n1CC[C@H]2C(=O)Nc1ccc(Cl)cc1F. The molecular formula is C21H16ClFN2O2. The molecule has 0 radical (unpaired) electrons. The van der Waals surface area contributed by atoms with Crippen molar-refractivity contribution >= 4 is 29.0 Å². The maximum absolute atomic E-state index is 13.9. The fourth-order valence-corrected chi connectivity index (χ4v) is 3.61. The molecule has 6 heteroatoms. The Bertz CT molecular complexity index is 1030. The Kier molecular flexibility index (Phi) is 4.54. The van der Waals surface area contributed by atoms with E-state index in [9.17, 15) is 14.0 Å². The summed E-state index contributed by atoms with van der Waals surface area (Å²) in [6.45, 7) is 0.567. The summed E-state index contributed by atoms with van der Waals surface area (Å²) in [4.78, 5) is 25.4. The predicted octanol–water partition coefficient (Wildman–Crippen LogP) is 4.64. The first-order chi connectivity index (χ1) is 13.0. The van der Waals surface area contributed by atoms with Gasteiger partial charge >= 0.3 is 0 Å². The molecule has 27 heavy (non-hydrogen) atoms. The van der Waals surface area contributed by atoms with Crippen LogP contribution < -0.4 is 5.32 Å². The standard InChI is InChI=1S/C21H16ClFN2O2/c22-14-6-7-17(16(23)12-14)24-21(27)15-10-11-25-18(15)8-9-19(25)20(26)13-4-2-1-3-5-13/h1-9,12,15H,10-11H2,(H,24,27)/t15-/m1/s1. The zero-order chi connectivity index (χ0) is 19.0. The van der Waals surface area contributed by atoms with Gasteiger partial charge in [0.2, 0.25) is 11.7 Å². The molecule has 1 atom stereocenters. The van der Waals surface area contributed by atoms with Crippen LogP contribution in [0.25, 0.3) is 0 Å². The van der Waals surface area contributed by atoms with Gasteiger partial charge in [0.1, 0.15) is 5.82 Å². The smallest absolute Gasteiger partial charge is 0.233 e. The van der Waals surface area contributed by atoms with Gasteiger partial charge < -0.3 is 9.88 Å². The number of ketones is 1. The quantitative estimate of drug-likeness (QED) is 0.668. The van der Waals surface area contributed by atoms with Crippen LogP contribution >= 0.6 is 11.6 Å². The summed E-state index contributed by atoms with van der Waals surface area (Å²) < 4.78 is 15.8. The molecule has 4 rings (SSSR count). The molecule has 0 aliphatic carbocycles. The van der Waals surface area contributed by atoms with Crippen LogP contribution in [0.2, 0.25) is 5.02 Å². The number of nitrogens with zero attached hydrogens (tertiary/aromatic N) is 1. The van der Waals surface area contributed by atoms with Gasteiger partial charge in [-0.15, -0.1) is 0 Å². The summed E-state index contributed by atoms with van der Waals surface area (Å²) in [5.41, 5.74) is 2.02. The van der Waals surface area contributed by atoms with Crippen molar-refractivity contribution in [1.82, 2.24) is 4.57 Å². The lowest BCUT2D eigenvalue weighted by Crippen LogP contribution is -2.20. The Hall–Kier alpha value is -2.92. The number of nitrogens with one attached hydrogen (secondary N) is 1. The Morgan fingerprint density at radius 1 is 1.07 bits per heavy atom. The summed E-state index contributed by atoms with van der Waals surface area (Å²) in [6.07, 6.45) is 0.562. The van der Waals surface area contributed by atoms with Crippen LogP contribution in [-0.4, -0.2) is 16.3 Å². The highest BCUT2D eigenvalue weighted by atomic mass is 35.5. The molecule has 1 aliphatic heterocycles. The van der Waals surface area contributed by atoms with Crippen molar-refractivity contribution in [1.29, 1.82) is 0 Å². The van der Waals surface area contributed by atoms with E-state index in [1.165, 1.54) is 12.1 Å². The van der Waals surface area contributed by atoms with Gasteiger partial charge in [0.25, 0.3) is 0 Å². The molecular weight excluding hydrogens is 367 g/mol. The van der Waals surface area contributed by atoms with Crippen LogP contribution in [0.15, 0.2) is 60.7 Å². The number of hydrogen-bond acceptors (Lipinski definition) is 2. The fraction of sp³-hybridized carbons (Fsp3) is 0.143. The number of benzene rings is 2. The first-order valence-electron chi connectivity index (χ1n) is 8.59. The van der Waals surface area contributed by atoms with E-state index in [4.69, 9.17) is 11.6 Å². The molecule has 136 valence electrons. The van der Waals surface area contributed by atoms with Crippen LogP contribution in [0, 0.1) is 5.82 Å². The first kappa shape index (κ1) is 17.5. The lowest BCUT2D eigenvalue weighted by Gasteiger charge is -2.11. The Balaban J connectivity index is 1.57. The van der Waals surface area contributed by atoms with Crippen LogP contribution in [0.5, 0.6) is 0 Å². The average molecular weight is 383 g/mol. The Labute approximate surface area is 160 Å². The molecule has 0 saturated carbocycles. The second-order valence-electron chi connectivity index (χ2n) is 6.44. The second kappa shape index (κ2) is 7.00. The lowest BCUT2D eigenvalue weighted by atomic mass is 10.0. The second-order valence-corrected chi connectivity index (χ2v) is 6.88. The maximum atomic E-state index is 13.9. The minimum absolute atomic E-state index is 0.0772. The molecule has 0 saturated heterocycles. The summed E-state index contributed by atoms with van der Waals surface area (Å²) in [6, 6.07) is 16.7. The van der Waals surface area contributed by atoms with Gasteiger partial charge in [-0.25, -0.2) is 4.39 Å². The van der Waals surface area contributed by atoms with Crippen molar-refractivity contribution in [2.24, 2.45) is 0 Å². The number of carbonyl (C=O) groups is 2. The van der Waals surface area contributed by atoms with Gasteiger partial charge in [-0.2, -0.15) is 0 Å². The number of rotatable bonds is 4. The molecule has 3 aromatic rings. The molecule has 0 fully saturated rings. The van der Waals surface area contributed by atoms with Gasteiger partial charge in [0, 0.05) is 22.8 Å². The van der Waals surface area contributed by atoms with Crippen molar-refractivity contribution in [2.75, 3.05) is 5.32 Å². The molecule has 0 bridgehead atoms. The van der Waals surface area contributed by atoms with E-state index in [2.05, 4.69) is 5.32 Å². The van der Waals surface area contributed by atoms with Crippen LogP contribution in [0.1, 0.15) is 34.1 Å². The number of carbonyl (C=O) groups excluding carboxylic acids is 2. The van der Waals surface area contributed by atoms with Crippen molar-refractivity contribution in [3.8, 4) is 0 Å². The van der Waals surface area contributed by atoms with Gasteiger partial charge in [-0.3, -0.25) is 9.59 Å². The van der Waals surface area contributed by atoms with Crippen molar-refractivity contribution in [2.45, 2.75) is 18.9 Å². The number of halogens is 2. The predicted molar refractivity (Wildman–Crippen MR) is 102 cm³/mol. The van der Waals surface area contributed by atoms with Crippen molar-refractivity contribution in [3.63, 3.8) is 0 Å². The number of amides is 1.